The van der Waals surface area contributed by atoms with Crippen LogP contribution in [-0.2, 0) is 11.3 Å². The molecule has 0 N–H and O–H groups in total. The van der Waals surface area contributed by atoms with E-state index in [-0.39, 0.29) is 6.10 Å². The van der Waals surface area contributed by atoms with Gasteiger partial charge in [-0.2, -0.15) is 5.10 Å². The third-order valence-corrected chi connectivity index (χ3v) is 7.90. The molecule has 9 heteroatoms. The molecule has 0 unspecified atom stereocenters. The Morgan fingerprint density at radius 1 is 0.825 bits per heavy atom. The van der Waals surface area contributed by atoms with Crippen molar-refractivity contribution in [1.82, 2.24) is 24.6 Å². The van der Waals surface area contributed by atoms with Gasteiger partial charge in [-0.3, -0.25) is 4.90 Å². The Morgan fingerprint density at radius 3 is 2.20 bits per heavy atom. The number of ether oxygens (including phenoxy) is 1. The highest BCUT2D eigenvalue weighted by molar-refractivity contribution is 6.35. The maximum absolute atomic E-state index is 6.45. The molecule has 5 aromatic rings. The predicted octanol–water partition coefficient (Wildman–Crippen LogP) is 6.11. The molecule has 2 aromatic heterocycles. The van der Waals surface area contributed by atoms with E-state index in [1.165, 1.54) is 11.1 Å². The lowest BCUT2D eigenvalue weighted by molar-refractivity contribution is 0.0586. The predicted molar refractivity (Wildman–Crippen MR) is 160 cm³/mol. The highest BCUT2D eigenvalue weighted by Gasteiger charge is 2.22. The van der Waals surface area contributed by atoms with Gasteiger partial charge >= 0.3 is 0 Å². The Morgan fingerprint density at radius 2 is 1.52 bits per heavy atom. The summed E-state index contributed by atoms with van der Waals surface area (Å²) in [5.41, 5.74) is 4.07. The minimum atomic E-state index is -0.0720. The Kier molecular flexibility index (Phi) is 8.25. The van der Waals surface area contributed by atoms with Gasteiger partial charge in [0.1, 0.15) is 18.2 Å². The molecule has 0 bridgehead atoms. The summed E-state index contributed by atoms with van der Waals surface area (Å²) < 4.78 is 8.31. The molecule has 204 valence electrons. The van der Waals surface area contributed by atoms with Crippen LogP contribution in [0, 0.1) is 0 Å². The van der Waals surface area contributed by atoms with E-state index in [2.05, 4.69) is 73.4 Å². The summed E-state index contributed by atoms with van der Waals surface area (Å²) in [6.45, 7) is 5.67. The summed E-state index contributed by atoms with van der Waals surface area (Å²) in [4.78, 5) is 13.9. The van der Waals surface area contributed by atoms with Gasteiger partial charge in [-0.1, -0.05) is 89.9 Å². The van der Waals surface area contributed by atoms with E-state index < -0.39 is 0 Å². The first-order valence-electron chi connectivity index (χ1n) is 13.4. The summed E-state index contributed by atoms with van der Waals surface area (Å²) in [5.74, 6) is 0.919. The van der Waals surface area contributed by atoms with E-state index in [0.717, 1.165) is 55.1 Å². The molecule has 0 amide bonds. The van der Waals surface area contributed by atoms with Crippen molar-refractivity contribution in [2.75, 3.05) is 44.2 Å². The Hall–Kier alpha value is -3.49. The van der Waals surface area contributed by atoms with Gasteiger partial charge in [-0.25, -0.2) is 14.6 Å². The van der Waals surface area contributed by atoms with Crippen LogP contribution in [0.15, 0.2) is 91.4 Å². The smallest absolute Gasteiger partial charge is 0.163 e. The van der Waals surface area contributed by atoms with E-state index in [9.17, 15) is 0 Å². The number of anilines is 1. The Labute approximate surface area is 243 Å². The molecule has 0 spiro atoms. The van der Waals surface area contributed by atoms with Gasteiger partial charge < -0.3 is 9.64 Å². The molecule has 1 aliphatic heterocycles. The summed E-state index contributed by atoms with van der Waals surface area (Å²) in [5, 5.41) is 6.77. The number of aromatic nitrogens is 4. The molecule has 7 nitrogen and oxygen atoms in total. The second kappa shape index (κ2) is 12.4. The molecular weight excluding hydrogens is 543 g/mol. The maximum atomic E-state index is 6.45. The second-order valence-corrected chi connectivity index (χ2v) is 10.7. The number of halogens is 2. The van der Waals surface area contributed by atoms with Gasteiger partial charge in [0.05, 0.1) is 24.7 Å². The highest BCUT2D eigenvalue weighted by Crippen LogP contribution is 2.28. The van der Waals surface area contributed by atoms with Crippen molar-refractivity contribution in [3.05, 3.63) is 118 Å². The third-order valence-electron chi connectivity index (χ3n) is 7.32. The fourth-order valence-corrected chi connectivity index (χ4v) is 5.65. The van der Waals surface area contributed by atoms with E-state index >= 15 is 0 Å². The van der Waals surface area contributed by atoms with E-state index in [1.54, 1.807) is 12.4 Å². The molecule has 0 atom stereocenters. The average Bonchev–Trinajstić information content (AvgIpc) is 3.41. The van der Waals surface area contributed by atoms with E-state index in [0.29, 0.717) is 23.2 Å². The molecule has 1 aliphatic rings. The van der Waals surface area contributed by atoms with Crippen LogP contribution < -0.4 is 4.90 Å². The number of fused-ring (bicyclic) bond motifs is 1. The summed E-state index contributed by atoms with van der Waals surface area (Å²) in [6, 6.07) is 26.4. The van der Waals surface area contributed by atoms with Gasteiger partial charge in [0, 0.05) is 42.8 Å². The van der Waals surface area contributed by atoms with Crippen LogP contribution in [0.4, 0.5) is 5.82 Å². The number of nitrogens with zero attached hydrogens (tertiary/aromatic N) is 6. The summed E-state index contributed by atoms with van der Waals surface area (Å²) >= 11 is 12.5. The van der Waals surface area contributed by atoms with Crippen molar-refractivity contribution in [3.8, 4) is 0 Å². The first-order valence-corrected chi connectivity index (χ1v) is 14.2. The number of rotatable bonds is 9. The van der Waals surface area contributed by atoms with Crippen LogP contribution in [0.2, 0.25) is 10.0 Å². The van der Waals surface area contributed by atoms with Crippen molar-refractivity contribution in [1.29, 1.82) is 0 Å². The van der Waals surface area contributed by atoms with Gasteiger partial charge in [-0.05, 0) is 28.8 Å². The first-order chi connectivity index (χ1) is 19.7. The zero-order valence-corrected chi connectivity index (χ0v) is 23.5. The zero-order chi connectivity index (χ0) is 27.3. The van der Waals surface area contributed by atoms with Gasteiger partial charge in [0.15, 0.2) is 5.65 Å². The van der Waals surface area contributed by atoms with Gasteiger partial charge in [0.25, 0.3) is 0 Å². The molecule has 0 saturated carbocycles. The van der Waals surface area contributed by atoms with Crippen LogP contribution in [0.25, 0.3) is 11.0 Å². The van der Waals surface area contributed by atoms with Gasteiger partial charge in [0.2, 0.25) is 0 Å². The molecule has 1 saturated heterocycles. The lowest BCUT2D eigenvalue weighted by Gasteiger charge is -2.35. The SMILES string of the molecule is Clc1ccc(Cn2ncc3c(N4CCN(CCOC(c5ccccc5)c5ccccc5)CC4)ncnc32)c(Cl)c1. The van der Waals surface area contributed by atoms with E-state index in [4.69, 9.17) is 27.9 Å². The van der Waals surface area contributed by atoms with Crippen LogP contribution in [0.3, 0.4) is 0 Å². The molecule has 3 heterocycles. The second-order valence-electron chi connectivity index (χ2n) is 9.87. The highest BCUT2D eigenvalue weighted by atomic mass is 35.5. The average molecular weight is 574 g/mol. The van der Waals surface area contributed by atoms with Crippen LogP contribution in [-0.4, -0.2) is 64.0 Å². The van der Waals surface area contributed by atoms with Crippen molar-refractivity contribution in [2.45, 2.75) is 12.6 Å². The standard InChI is InChI=1S/C31H30Cl2N6O/c32-26-12-11-25(28(33)19-26)21-39-31-27(20-36-39)30(34-22-35-31)38-15-13-37(14-16-38)17-18-40-29(23-7-3-1-4-8-23)24-9-5-2-6-10-24/h1-12,19-20,22,29H,13-18,21H2. The fraction of sp³-hybridized carbons (Fsp3) is 0.258. The molecule has 0 aliphatic carbocycles. The normalized spacial score (nSPS) is 14.3. The number of benzene rings is 3. The fourth-order valence-electron chi connectivity index (χ4n) is 5.18. The lowest BCUT2D eigenvalue weighted by Crippen LogP contribution is -2.47. The molecule has 0 radical (unpaired) electrons. The third kappa shape index (κ3) is 5.98. The quantitative estimate of drug-likeness (QED) is 0.212. The van der Waals surface area contributed by atoms with Gasteiger partial charge in [-0.15, -0.1) is 0 Å². The molecular formula is C31H30Cl2N6O. The lowest BCUT2D eigenvalue weighted by atomic mass is 10.0. The van der Waals surface area contributed by atoms with Crippen molar-refractivity contribution in [2.24, 2.45) is 0 Å². The largest absolute Gasteiger partial charge is 0.367 e. The number of hydrogen-bond donors (Lipinski definition) is 0. The molecule has 1 fully saturated rings. The summed E-state index contributed by atoms with van der Waals surface area (Å²) in [6.07, 6.45) is 3.40. The van der Waals surface area contributed by atoms with Crippen molar-refractivity contribution >= 4 is 40.1 Å². The minimum absolute atomic E-state index is 0.0720. The van der Waals surface area contributed by atoms with Crippen LogP contribution >= 0.6 is 23.2 Å². The van der Waals surface area contributed by atoms with Crippen LogP contribution in [0.1, 0.15) is 22.8 Å². The zero-order valence-electron chi connectivity index (χ0n) is 22.0. The number of hydrogen-bond acceptors (Lipinski definition) is 6. The molecule has 40 heavy (non-hydrogen) atoms. The number of piperazine rings is 1. The topological polar surface area (TPSA) is 59.3 Å². The minimum Gasteiger partial charge on any atom is -0.367 e. The maximum Gasteiger partial charge on any atom is 0.163 e. The monoisotopic (exact) mass is 572 g/mol. The van der Waals surface area contributed by atoms with E-state index in [1.807, 2.05) is 35.1 Å². The molecule has 3 aromatic carbocycles. The Balaban J connectivity index is 1.07. The van der Waals surface area contributed by atoms with Crippen molar-refractivity contribution in [3.63, 3.8) is 0 Å². The molecule has 6 rings (SSSR count). The Bertz CT molecular complexity index is 1520. The van der Waals surface area contributed by atoms with Crippen molar-refractivity contribution < 1.29 is 4.74 Å². The summed E-state index contributed by atoms with van der Waals surface area (Å²) in [7, 11) is 0. The first kappa shape index (κ1) is 26.7. The van der Waals surface area contributed by atoms with Crippen LogP contribution in [0.5, 0.6) is 0 Å².